The summed E-state index contributed by atoms with van der Waals surface area (Å²) in [6.45, 7) is 4.11. The topological polar surface area (TPSA) is 80.1 Å². The first-order valence-corrected chi connectivity index (χ1v) is 6.80. The van der Waals surface area contributed by atoms with Crippen LogP contribution in [-0.4, -0.2) is 9.91 Å². The lowest BCUT2D eigenvalue weighted by atomic mass is 10.1. The predicted molar refractivity (Wildman–Crippen MR) is 79.9 cm³/mol. The van der Waals surface area contributed by atoms with Crippen molar-refractivity contribution in [2.75, 3.05) is 5.32 Å². The smallest absolute Gasteiger partial charge is 0.277 e. The molecule has 1 aliphatic rings. The van der Waals surface area contributed by atoms with E-state index in [0.29, 0.717) is 17.9 Å². The summed E-state index contributed by atoms with van der Waals surface area (Å²) in [5, 5.41) is 17.4. The number of fused-ring (bicyclic) bond motifs is 1. The zero-order valence-electron chi connectivity index (χ0n) is 11.7. The molecule has 0 bridgehead atoms. The number of nitrogens with one attached hydrogen (secondary N) is 2. The highest BCUT2D eigenvalue weighted by Crippen LogP contribution is 2.21. The third-order valence-corrected chi connectivity index (χ3v) is 3.65. The average molecular weight is 284 g/mol. The number of benzene rings is 1. The van der Waals surface area contributed by atoms with E-state index in [1.54, 1.807) is 6.92 Å². The van der Waals surface area contributed by atoms with E-state index >= 15 is 0 Å². The summed E-state index contributed by atoms with van der Waals surface area (Å²) < 4.78 is 0. The maximum absolute atomic E-state index is 10.9. The molecule has 6 heteroatoms. The van der Waals surface area contributed by atoms with Crippen LogP contribution in [0.4, 0.5) is 11.5 Å². The molecule has 0 fully saturated rings. The Morgan fingerprint density at radius 2 is 2.14 bits per heavy atom. The largest absolute Gasteiger partial charge is 0.366 e. The van der Waals surface area contributed by atoms with Gasteiger partial charge in [0.05, 0.1) is 11.0 Å². The van der Waals surface area contributed by atoms with Gasteiger partial charge in [0.1, 0.15) is 5.82 Å². The number of rotatable bonds is 4. The Morgan fingerprint density at radius 3 is 2.95 bits per heavy atom. The summed E-state index contributed by atoms with van der Waals surface area (Å²) in [5.74, 6) is 0.519. The minimum Gasteiger partial charge on any atom is -0.366 e. The molecule has 0 amide bonds. The lowest BCUT2D eigenvalue weighted by molar-refractivity contribution is -0.385. The van der Waals surface area contributed by atoms with Crippen molar-refractivity contribution in [2.24, 2.45) is 0 Å². The molecule has 21 heavy (non-hydrogen) atoms. The number of aromatic nitrogens is 1. The van der Waals surface area contributed by atoms with Gasteiger partial charge in [0, 0.05) is 31.4 Å². The molecule has 1 aromatic heterocycles. The van der Waals surface area contributed by atoms with E-state index in [1.165, 1.54) is 23.4 Å². The summed E-state index contributed by atoms with van der Waals surface area (Å²) in [6, 6.07) is 7.83. The van der Waals surface area contributed by atoms with Gasteiger partial charge in [-0.2, -0.15) is 0 Å². The Kier molecular flexibility index (Phi) is 3.53. The van der Waals surface area contributed by atoms with Crippen LogP contribution < -0.4 is 10.6 Å². The number of anilines is 1. The zero-order valence-corrected chi connectivity index (χ0v) is 11.7. The van der Waals surface area contributed by atoms with Crippen molar-refractivity contribution >= 4 is 11.5 Å². The van der Waals surface area contributed by atoms with Crippen LogP contribution in [0.25, 0.3) is 0 Å². The highest BCUT2D eigenvalue weighted by molar-refractivity contribution is 5.49. The molecule has 1 aliphatic heterocycles. The summed E-state index contributed by atoms with van der Waals surface area (Å²) in [7, 11) is 0. The van der Waals surface area contributed by atoms with Crippen LogP contribution >= 0.6 is 0 Å². The summed E-state index contributed by atoms with van der Waals surface area (Å²) >= 11 is 0. The molecule has 0 spiro atoms. The van der Waals surface area contributed by atoms with Crippen LogP contribution in [0.1, 0.15) is 22.3 Å². The number of nitrogens with zero attached hydrogens (tertiary/aromatic N) is 2. The summed E-state index contributed by atoms with van der Waals surface area (Å²) in [6.07, 6.45) is 1.52. The molecule has 2 aromatic rings. The zero-order chi connectivity index (χ0) is 14.8. The fourth-order valence-corrected chi connectivity index (χ4v) is 2.46. The molecule has 2 heterocycles. The number of nitro groups is 1. The van der Waals surface area contributed by atoms with Gasteiger partial charge in [-0.1, -0.05) is 18.2 Å². The summed E-state index contributed by atoms with van der Waals surface area (Å²) in [4.78, 5) is 14.7. The van der Waals surface area contributed by atoms with Crippen LogP contribution in [0.5, 0.6) is 0 Å². The van der Waals surface area contributed by atoms with E-state index in [4.69, 9.17) is 0 Å². The Hall–Kier alpha value is -2.47. The van der Waals surface area contributed by atoms with E-state index in [9.17, 15) is 10.1 Å². The molecule has 0 atom stereocenters. The van der Waals surface area contributed by atoms with Gasteiger partial charge in [-0.15, -0.1) is 0 Å². The van der Waals surface area contributed by atoms with Gasteiger partial charge in [0.15, 0.2) is 0 Å². The van der Waals surface area contributed by atoms with Gasteiger partial charge in [0.25, 0.3) is 5.69 Å². The van der Waals surface area contributed by atoms with E-state index in [-0.39, 0.29) is 10.6 Å². The average Bonchev–Trinajstić information content (AvgIpc) is 2.93. The Morgan fingerprint density at radius 1 is 1.33 bits per heavy atom. The second-order valence-corrected chi connectivity index (χ2v) is 5.17. The van der Waals surface area contributed by atoms with Crippen LogP contribution in [0.15, 0.2) is 30.5 Å². The highest BCUT2D eigenvalue weighted by atomic mass is 16.6. The molecule has 1 aromatic carbocycles. The molecule has 0 saturated heterocycles. The van der Waals surface area contributed by atoms with Crippen LogP contribution in [0.3, 0.4) is 0 Å². The molecule has 108 valence electrons. The van der Waals surface area contributed by atoms with Gasteiger partial charge in [-0.3, -0.25) is 10.1 Å². The lowest BCUT2D eigenvalue weighted by Crippen LogP contribution is -2.03. The van der Waals surface area contributed by atoms with Crippen molar-refractivity contribution in [1.29, 1.82) is 0 Å². The Bertz CT molecular complexity index is 700. The van der Waals surface area contributed by atoms with Crippen LogP contribution in [0, 0.1) is 17.0 Å². The molecule has 0 unspecified atom stereocenters. The highest BCUT2D eigenvalue weighted by Gasteiger charge is 2.13. The summed E-state index contributed by atoms with van der Waals surface area (Å²) in [5.41, 5.74) is 4.45. The maximum atomic E-state index is 10.9. The van der Waals surface area contributed by atoms with E-state index in [0.717, 1.165) is 18.7 Å². The normalized spacial score (nSPS) is 13.0. The minimum absolute atomic E-state index is 0.0886. The Balaban J connectivity index is 1.73. The first-order valence-electron chi connectivity index (χ1n) is 6.80. The van der Waals surface area contributed by atoms with Gasteiger partial charge in [0.2, 0.25) is 0 Å². The fourth-order valence-electron chi connectivity index (χ4n) is 2.46. The van der Waals surface area contributed by atoms with Crippen molar-refractivity contribution in [1.82, 2.24) is 10.3 Å². The second kappa shape index (κ2) is 5.49. The van der Waals surface area contributed by atoms with Crippen molar-refractivity contribution in [3.05, 3.63) is 62.8 Å². The lowest BCUT2D eigenvalue weighted by Gasteiger charge is -2.08. The van der Waals surface area contributed by atoms with Crippen molar-refractivity contribution in [3.63, 3.8) is 0 Å². The number of hydrogen-bond donors (Lipinski definition) is 2. The minimum atomic E-state index is -0.386. The monoisotopic (exact) mass is 284 g/mol. The first-order chi connectivity index (χ1) is 10.1. The Labute approximate surface area is 122 Å². The second-order valence-electron chi connectivity index (χ2n) is 5.17. The molecular formula is C15H16N4O2. The third kappa shape index (κ3) is 2.85. The van der Waals surface area contributed by atoms with Gasteiger partial charge in [-0.25, -0.2) is 4.98 Å². The van der Waals surface area contributed by atoms with E-state index in [1.807, 2.05) is 0 Å². The van der Waals surface area contributed by atoms with Crippen molar-refractivity contribution in [3.8, 4) is 0 Å². The standard InChI is InChI=1S/C15H16N4O2/c1-10-6-17-15(5-14(10)19(20)21)18-7-11-2-3-12-8-16-9-13(12)4-11/h2-6,16H,7-9H2,1H3,(H,17,18). The molecule has 0 radical (unpaired) electrons. The van der Waals surface area contributed by atoms with Gasteiger partial charge >= 0.3 is 0 Å². The molecule has 2 N–H and O–H groups in total. The predicted octanol–water partition coefficient (Wildman–Crippen LogP) is 2.51. The van der Waals surface area contributed by atoms with Crippen LogP contribution in [-0.2, 0) is 19.6 Å². The molecule has 0 saturated carbocycles. The van der Waals surface area contributed by atoms with Crippen molar-refractivity contribution in [2.45, 2.75) is 26.6 Å². The fraction of sp³-hybridized carbons (Fsp3) is 0.267. The number of aryl methyl sites for hydroxylation is 1. The number of pyridine rings is 1. The molecular weight excluding hydrogens is 268 g/mol. The quantitative estimate of drug-likeness (QED) is 0.666. The molecule has 0 aliphatic carbocycles. The van der Waals surface area contributed by atoms with Crippen LogP contribution in [0.2, 0.25) is 0 Å². The number of hydrogen-bond acceptors (Lipinski definition) is 5. The first kappa shape index (κ1) is 13.5. The van der Waals surface area contributed by atoms with E-state index in [2.05, 4.69) is 33.8 Å². The maximum Gasteiger partial charge on any atom is 0.277 e. The SMILES string of the molecule is Cc1cnc(NCc2ccc3c(c2)CNC3)cc1[N+](=O)[O-]. The third-order valence-electron chi connectivity index (χ3n) is 3.65. The van der Waals surface area contributed by atoms with Crippen molar-refractivity contribution < 1.29 is 4.92 Å². The van der Waals surface area contributed by atoms with Gasteiger partial charge < -0.3 is 10.6 Å². The molecule has 3 rings (SSSR count). The molecule has 6 nitrogen and oxygen atoms in total. The van der Waals surface area contributed by atoms with Gasteiger partial charge in [-0.05, 0) is 23.6 Å². The van der Waals surface area contributed by atoms with E-state index < -0.39 is 0 Å².